The van der Waals surface area contributed by atoms with Crippen LogP contribution < -0.4 is 0 Å². The van der Waals surface area contributed by atoms with Crippen LogP contribution in [0.4, 0.5) is 0 Å². The predicted octanol–water partition coefficient (Wildman–Crippen LogP) is 14.3. The molecule has 0 unspecified atom stereocenters. The van der Waals surface area contributed by atoms with Gasteiger partial charge in [0.1, 0.15) is 0 Å². The highest BCUT2D eigenvalue weighted by molar-refractivity contribution is 7.25. The van der Waals surface area contributed by atoms with Gasteiger partial charge in [-0.3, -0.25) is 0 Å². The molecule has 49 heavy (non-hydrogen) atoms. The van der Waals surface area contributed by atoms with Gasteiger partial charge in [-0.1, -0.05) is 146 Å². The first-order valence-electron chi connectivity index (χ1n) is 16.9. The van der Waals surface area contributed by atoms with E-state index in [0.717, 1.165) is 0 Å². The number of hydrogen-bond donors (Lipinski definition) is 0. The molecule has 1 heterocycles. The normalized spacial score (nSPS) is 12.1. The van der Waals surface area contributed by atoms with Crippen LogP contribution >= 0.6 is 11.3 Å². The topological polar surface area (TPSA) is 0 Å². The summed E-state index contributed by atoms with van der Waals surface area (Å²) in [7, 11) is 0. The van der Waals surface area contributed by atoms with Gasteiger partial charge in [0.15, 0.2) is 0 Å². The smallest absolute Gasteiger partial charge is 0.0362 e. The Kier molecular flexibility index (Phi) is 5.64. The van der Waals surface area contributed by atoms with Gasteiger partial charge in [-0.15, -0.1) is 11.3 Å². The molecule has 0 saturated heterocycles. The number of rotatable bonds is 2. The van der Waals surface area contributed by atoms with E-state index >= 15 is 0 Å². The number of thiophene rings is 1. The molecule has 0 aliphatic heterocycles. The van der Waals surface area contributed by atoms with Gasteiger partial charge < -0.3 is 0 Å². The van der Waals surface area contributed by atoms with Crippen molar-refractivity contribution in [2.45, 2.75) is 0 Å². The molecule has 0 amide bonds. The molecule has 0 nitrogen and oxygen atoms in total. The van der Waals surface area contributed by atoms with Gasteiger partial charge in [0.25, 0.3) is 0 Å². The summed E-state index contributed by atoms with van der Waals surface area (Å²) in [6.07, 6.45) is 0. The molecule has 0 spiro atoms. The van der Waals surface area contributed by atoms with Gasteiger partial charge in [0.05, 0.1) is 0 Å². The Bertz CT molecular complexity index is 3100. The Hall–Kier alpha value is -6.02. The summed E-state index contributed by atoms with van der Waals surface area (Å²) in [5, 5.41) is 18.3. The van der Waals surface area contributed by atoms with Crippen molar-refractivity contribution in [1.82, 2.24) is 0 Å². The van der Waals surface area contributed by atoms with E-state index in [4.69, 9.17) is 0 Å². The van der Waals surface area contributed by atoms with Crippen molar-refractivity contribution >= 4 is 96.1 Å². The van der Waals surface area contributed by atoms with E-state index < -0.39 is 0 Å². The first-order chi connectivity index (χ1) is 24.3. The van der Waals surface area contributed by atoms with E-state index in [2.05, 4.69) is 170 Å². The molecule has 11 aromatic rings. The van der Waals surface area contributed by atoms with Crippen LogP contribution in [-0.2, 0) is 0 Å². The number of benzene rings is 10. The first-order valence-corrected chi connectivity index (χ1v) is 17.7. The van der Waals surface area contributed by atoms with Gasteiger partial charge in [-0.25, -0.2) is 0 Å². The highest BCUT2D eigenvalue weighted by atomic mass is 32.1. The largest absolute Gasteiger partial charge is 0.135 e. The lowest BCUT2D eigenvalue weighted by atomic mass is 9.84. The highest BCUT2D eigenvalue weighted by Crippen LogP contribution is 2.47. The van der Waals surface area contributed by atoms with Crippen molar-refractivity contribution in [3.05, 3.63) is 170 Å². The minimum absolute atomic E-state index is 1.26. The Morgan fingerprint density at radius 3 is 1.37 bits per heavy atom. The molecule has 0 aliphatic rings. The second-order valence-electron chi connectivity index (χ2n) is 13.2. The van der Waals surface area contributed by atoms with Gasteiger partial charge in [-0.2, -0.15) is 0 Å². The molecule has 226 valence electrons. The quantitative estimate of drug-likeness (QED) is 0.131. The Labute approximate surface area is 287 Å². The van der Waals surface area contributed by atoms with Crippen LogP contribution in [0.2, 0.25) is 0 Å². The third-order valence-corrected chi connectivity index (χ3v) is 11.7. The maximum absolute atomic E-state index is 2.46. The second-order valence-corrected chi connectivity index (χ2v) is 14.2. The molecule has 1 heteroatoms. The maximum atomic E-state index is 2.46. The van der Waals surface area contributed by atoms with E-state index in [9.17, 15) is 0 Å². The third kappa shape index (κ3) is 3.85. The van der Waals surface area contributed by atoms with E-state index in [-0.39, 0.29) is 0 Å². The fourth-order valence-electron chi connectivity index (χ4n) is 8.50. The second kappa shape index (κ2) is 10.2. The van der Waals surface area contributed by atoms with E-state index in [1.165, 1.54) is 107 Å². The molecular weight excluding hydrogens is 609 g/mol. The summed E-state index contributed by atoms with van der Waals surface area (Å²) >= 11 is 1.90. The Morgan fingerprint density at radius 1 is 0.265 bits per heavy atom. The molecule has 0 N–H and O–H groups in total. The zero-order valence-corrected chi connectivity index (χ0v) is 27.4. The van der Waals surface area contributed by atoms with Crippen LogP contribution in [0.25, 0.3) is 107 Å². The summed E-state index contributed by atoms with van der Waals surface area (Å²) in [4.78, 5) is 0. The minimum Gasteiger partial charge on any atom is -0.135 e. The van der Waals surface area contributed by atoms with E-state index in [1.54, 1.807) is 0 Å². The van der Waals surface area contributed by atoms with E-state index in [1.807, 2.05) is 11.3 Å². The molecule has 0 radical (unpaired) electrons. The lowest BCUT2D eigenvalue weighted by Crippen LogP contribution is -1.91. The number of fused-ring (bicyclic) bond motifs is 12. The number of hydrogen-bond acceptors (Lipinski definition) is 1. The van der Waals surface area contributed by atoms with Crippen molar-refractivity contribution in [3.63, 3.8) is 0 Å². The van der Waals surface area contributed by atoms with Crippen LogP contribution in [0.1, 0.15) is 0 Å². The van der Waals surface area contributed by atoms with Crippen molar-refractivity contribution in [3.8, 4) is 22.3 Å². The molecule has 0 aliphatic carbocycles. The molecule has 10 aromatic carbocycles. The average molecular weight is 637 g/mol. The van der Waals surface area contributed by atoms with Crippen LogP contribution in [-0.4, -0.2) is 0 Å². The zero-order chi connectivity index (χ0) is 32.1. The fraction of sp³-hybridized carbons (Fsp3) is 0. The van der Waals surface area contributed by atoms with Crippen LogP contribution in [0.15, 0.2) is 170 Å². The van der Waals surface area contributed by atoms with Crippen molar-refractivity contribution < 1.29 is 0 Å². The maximum Gasteiger partial charge on any atom is 0.0362 e. The van der Waals surface area contributed by atoms with Gasteiger partial charge in [0.2, 0.25) is 0 Å². The van der Waals surface area contributed by atoms with Crippen LogP contribution in [0.5, 0.6) is 0 Å². The molecule has 0 bridgehead atoms. The zero-order valence-electron chi connectivity index (χ0n) is 26.6. The SMILES string of the molecule is c1ccc2c(-c3c4ccccc4c(-c4ccc5sc6cc7c8ccccc8c8ccccc8c7cc6c5c4)c4ccccc34)cccc2c1. The summed E-state index contributed by atoms with van der Waals surface area (Å²) in [6, 6.07) is 63.2. The summed E-state index contributed by atoms with van der Waals surface area (Å²) in [6.45, 7) is 0. The third-order valence-electron chi connectivity index (χ3n) is 10.6. The van der Waals surface area contributed by atoms with Crippen LogP contribution in [0.3, 0.4) is 0 Å². The first kappa shape index (κ1) is 27.0. The van der Waals surface area contributed by atoms with Gasteiger partial charge in [0, 0.05) is 20.2 Å². The standard InChI is InChI=1S/C48H28S/c1-2-14-31-29(12-1)13-11-23-36(31)48-39-21-9-7-19-37(39)47(38-20-8-10-22-40(38)48)30-24-25-45-43(26-30)44-27-41-34-17-5-3-15-32(34)33-16-4-6-18-35(33)42(41)28-46(44)49-45/h1-28H. The monoisotopic (exact) mass is 636 g/mol. The molecule has 0 fully saturated rings. The Balaban J connectivity index is 1.22. The predicted molar refractivity (Wildman–Crippen MR) is 215 cm³/mol. The van der Waals surface area contributed by atoms with Crippen LogP contribution in [0, 0.1) is 0 Å². The van der Waals surface area contributed by atoms with Crippen molar-refractivity contribution in [2.75, 3.05) is 0 Å². The molecule has 1 aromatic heterocycles. The van der Waals surface area contributed by atoms with Crippen molar-refractivity contribution in [2.24, 2.45) is 0 Å². The molecular formula is C48H28S. The van der Waals surface area contributed by atoms with E-state index in [0.29, 0.717) is 0 Å². The minimum atomic E-state index is 1.26. The average Bonchev–Trinajstić information content (AvgIpc) is 3.53. The highest BCUT2D eigenvalue weighted by Gasteiger charge is 2.19. The summed E-state index contributed by atoms with van der Waals surface area (Å²) < 4.78 is 2.66. The fourth-order valence-corrected chi connectivity index (χ4v) is 9.61. The van der Waals surface area contributed by atoms with Crippen molar-refractivity contribution in [1.29, 1.82) is 0 Å². The molecule has 0 atom stereocenters. The lowest BCUT2D eigenvalue weighted by Gasteiger charge is -2.19. The van der Waals surface area contributed by atoms with Gasteiger partial charge in [-0.05, 0) is 111 Å². The van der Waals surface area contributed by atoms with Gasteiger partial charge >= 0.3 is 0 Å². The summed E-state index contributed by atoms with van der Waals surface area (Å²) in [5.41, 5.74) is 5.14. The summed E-state index contributed by atoms with van der Waals surface area (Å²) in [5.74, 6) is 0. The molecule has 0 saturated carbocycles. The lowest BCUT2D eigenvalue weighted by molar-refractivity contribution is 1.69. The Morgan fingerprint density at radius 2 is 0.735 bits per heavy atom. The molecule has 11 rings (SSSR count).